The van der Waals surface area contributed by atoms with Crippen molar-refractivity contribution in [1.29, 1.82) is 0 Å². The van der Waals surface area contributed by atoms with Crippen molar-refractivity contribution in [3.63, 3.8) is 0 Å². The van der Waals surface area contributed by atoms with Gasteiger partial charge < -0.3 is 4.90 Å². The standard InChI is InChI=1S/C25H32N4O2/c1-17(2)25(31)28-14-8-7-13-21(28)23-26-18(3)20-16-22(30)29(24(20)27-23)15-9-12-19-10-5-4-6-11-19/h4-6,10-11,17,21H,7-9,12-16H2,1-3H3. The van der Waals surface area contributed by atoms with E-state index in [9.17, 15) is 9.59 Å². The van der Waals surface area contributed by atoms with E-state index >= 15 is 0 Å². The number of piperidine rings is 1. The molecule has 2 aliphatic rings. The SMILES string of the molecule is Cc1nc(C2CCCCN2C(=O)C(C)C)nc2c1CC(=O)N2CCCc1ccccc1. The highest BCUT2D eigenvalue weighted by Gasteiger charge is 2.35. The molecule has 164 valence electrons. The van der Waals surface area contributed by atoms with Gasteiger partial charge in [0.25, 0.3) is 0 Å². The predicted molar refractivity (Wildman–Crippen MR) is 121 cm³/mol. The Hall–Kier alpha value is -2.76. The Morgan fingerprint density at radius 2 is 1.94 bits per heavy atom. The summed E-state index contributed by atoms with van der Waals surface area (Å²) >= 11 is 0. The van der Waals surface area contributed by atoms with E-state index in [1.807, 2.05) is 48.8 Å². The average Bonchev–Trinajstić information content (AvgIpc) is 3.10. The molecule has 0 bridgehead atoms. The van der Waals surface area contributed by atoms with Gasteiger partial charge in [0.2, 0.25) is 11.8 Å². The lowest BCUT2D eigenvalue weighted by molar-refractivity contribution is -0.138. The van der Waals surface area contributed by atoms with Gasteiger partial charge in [0.05, 0.1) is 12.5 Å². The molecule has 0 spiro atoms. The van der Waals surface area contributed by atoms with Crippen LogP contribution < -0.4 is 4.90 Å². The number of aromatic nitrogens is 2. The van der Waals surface area contributed by atoms with Gasteiger partial charge in [-0.15, -0.1) is 0 Å². The first-order valence-electron chi connectivity index (χ1n) is 11.5. The molecular weight excluding hydrogens is 388 g/mol. The van der Waals surface area contributed by atoms with Crippen LogP contribution in [0, 0.1) is 12.8 Å². The summed E-state index contributed by atoms with van der Waals surface area (Å²) in [5.41, 5.74) is 3.08. The van der Waals surface area contributed by atoms with Crippen LogP contribution in [0.1, 0.15) is 68.2 Å². The van der Waals surface area contributed by atoms with Crippen LogP contribution in [0.3, 0.4) is 0 Å². The van der Waals surface area contributed by atoms with E-state index in [4.69, 9.17) is 9.97 Å². The molecule has 1 aromatic heterocycles. The second-order valence-electron chi connectivity index (χ2n) is 8.98. The number of rotatable bonds is 6. The molecule has 0 N–H and O–H groups in total. The number of likely N-dealkylation sites (tertiary alicyclic amines) is 1. The van der Waals surface area contributed by atoms with Crippen molar-refractivity contribution in [1.82, 2.24) is 14.9 Å². The Morgan fingerprint density at radius 3 is 2.68 bits per heavy atom. The Morgan fingerprint density at radius 1 is 1.16 bits per heavy atom. The second-order valence-corrected chi connectivity index (χ2v) is 8.98. The minimum atomic E-state index is -0.102. The number of nitrogens with zero attached hydrogens (tertiary/aromatic N) is 4. The fourth-order valence-corrected chi connectivity index (χ4v) is 4.66. The highest BCUT2D eigenvalue weighted by Crippen LogP contribution is 2.35. The molecule has 6 heteroatoms. The monoisotopic (exact) mass is 420 g/mol. The number of benzene rings is 1. The summed E-state index contributed by atoms with van der Waals surface area (Å²) in [6, 6.07) is 10.2. The molecule has 2 aliphatic heterocycles. The van der Waals surface area contributed by atoms with Gasteiger partial charge in [-0.3, -0.25) is 14.5 Å². The molecular formula is C25H32N4O2. The lowest BCUT2D eigenvalue weighted by Crippen LogP contribution is -2.41. The third-order valence-electron chi connectivity index (χ3n) is 6.36. The molecule has 31 heavy (non-hydrogen) atoms. The fourth-order valence-electron chi connectivity index (χ4n) is 4.66. The summed E-state index contributed by atoms with van der Waals surface area (Å²) in [5, 5.41) is 0. The number of carbonyl (C=O) groups excluding carboxylic acids is 2. The highest BCUT2D eigenvalue weighted by molar-refractivity contribution is 6.00. The van der Waals surface area contributed by atoms with Crippen LogP contribution in [0.2, 0.25) is 0 Å². The molecule has 1 saturated heterocycles. The van der Waals surface area contributed by atoms with Gasteiger partial charge in [0.15, 0.2) is 5.82 Å². The van der Waals surface area contributed by atoms with Crippen LogP contribution in [0.25, 0.3) is 0 Å². The molecule has 1 atom stereocenters. The number of hydrogen-bond acceptors (Lipinski definition) is 4. The summed E-state index contributed by atoms with van der Waals surface area (Å²) in [7, 11) is 0. The molecule has 2 aromatic rings. The van der Waals surface area contributed by atoms with Gasteiger partial charge in [-0.1, -0.05) is 44.2 Å². The quantitative estimate of drug-likeness (QED) is 0.708. The molecule has 1 aromatic carbocycles. The number of hydrogen-bond donors (Lipinski definition) is 0. The van der Waals surface area contributed by atoms with Crippen LogP contribution in [-0.4, -0.2) is 39.8 Å². The summed E-state index contributed by atoms with van der Waals surface area (Å²) in [4.78, 5) is 39.0. The molecule has 0 saturated carbocycles. The molecule has 4 rings (SSSR count). The van der Waals surface area contributed by atoms with Gasteiger partial charge in [0.1, 0.15) is 5.82 Å². The number of carbonyl (C=O) groups is 2. The summed E-state index contributed by atoms with van der Waals surface area (Å²) in [5.74, 6) is 1.64. The van der Waals surface area contributed by atoms with Gasteiger partial charge in [0, 0.05) is 30.3 Å². The van der Waals surface area contributed by atoms with E-state index in [-0.39, 0.29) is 23.8 Å². The van der Waals surface area contributed by atoms with Crippen molar-refractivity contribution < 1.29 is 9.59 Å². The van der Waals surface area contributed by atoms with Crippen molar-refractivity contribution in [3.8, 4) is 0 Å². The number of fused-ring (bicyclic) bond motifs is 1. The van der Waals surface area contributed by atoms with Crippen molar-refractivity contribution in [2.24, 2.45) is 5.92 Å². The van der Waals surface area contributed by atoms with Crippen LogP contribution in [0.15, 0.2) is 30.3 Å². The van der Waals surface area contributed by atoms with E-state index in [1.54, 1.807) is 0 Å². The van der Waals surface area contributed by atoms with Crippen molar-refractivity contribution in [3.05, 3.63) is 53.0 Å². The largest absolute Gasteiger partial charge is 0.332 e. The zero-order valence-electron chi connectivity index (χ0n) is 18.8. The van der Waals surface area contributed by atoms with Crippen LogP contribution >= 0.6 is 0 Å². The first-order valence-corrected chi connectivity index (χ1v) is 11.5. The van der Waals surface area contributed by atoms with Crippen LogP contribution in [-0.2, 0) is 22.4 Å². The molecule has 2 amide bonds. The lowest BCUT2D eigenvalue weighted by atomic mass is 9.99. The third-order valence-corrected chi connectivity index (χ3v) is 6.36. The summed E-state index contributed by atoms with van der Waals surface area (Å²) in [6.07, 6.45) is 5.13. The Kier molecular flexibility index (Phi) is 6.35. The zero-order valence-corrected chi connectivity index (χ0v) is 18.8. The van der Waals surface area contributed by atoms with E-state index in [1.165, 1.54) is 5.56 Å². The van der Waals surface area contributed by atoms with Crippen LogP contribution in [0.5, 0.6) is 0 Å². The second kappa shape index (κ2) is 9.16. The number of aryl methyl sites for hydroxylation is 2. The maximum absolute atomic E-state index is 12.8. The van der Waals surface area contributed by atoms with E-state index in [0.717, 1.165) is 55.7 Å². The fraction of sp³-hybridized carbons (Fsp3) is 0.520. The Labute approximate surface area is 184 Å². The summed E-state index contributed by atoms with van der Waals surface area (Å²) < 4.78 is 0. The van der Waals surface area contributed by atoms with Gasteiger partial charge in [-0.2, -0.15) is 0 Å². The first kappa shape index (κ1) is 21.5. The first-order chi connectivity index (χ1) is 15.0. The highest BCUT2D eigenvalue weighted by atomic mass is 16.2. The molecule has 3 heterocycles. The number of anilines is 1. The zero-order chi connectivity index (χ0) is 22.0. The molecule has 0 radical (unpaired) electrons. The van der Waals surface area contributed by atoms with Gasteiger partial charge >= 0.3 is 0 Å². The summed E-state index contributed by atoms with van der Waals surface area (Å²) in [6.45, 7) is 7.24. The smallest absolute Gasteiger partial charge is 0.232 e. The van der Waals surface area contributed by atoms with E-state index < -0.39 is 0 Å². The van der Waals surface area contributed by atoms with Crippen molar-refractivity contribution in [2.45, 2.75) is 65.3 Å². The van der Waals surface area contributed by atoms with Gasteiger partial charge in [-0.05, 0) is 44.6 Å². The van der Waals surface area contributed by atoms with Gasteiger partial charge in [-0.25, -0.2) is 9.97 Å². The Bertz CT molecular complexity index is 957. The molecule has 1 unspecified atom stereocenters. The normalized spacial score (nSPS) is 18.6. The lowest BCUT2D eigenvalue weighted by Gasteiger charge is -2.36. The number of amides is 2. The van der Waals surface area contributed by atoms with E-state index in [2.05, 4.69) is 12.1 Å². The minimum Gasteiger partial charge on any atom is -0.332 e. The molecule has 0 aliphatic carbocycles. The molecule has 6 nitrogen and oxygen atoms in total. The van der Waals surface area contributed by atoms with Crippen LogP contribution in [0.4, 0.5) is 5.82 Å². The van der Waals surface area contributed by atoms with Crippen molar-refractivity contribution in [2.75, 3.05) is 18.0 Å². The third kappa shape index (κ3) is 4.48. The van der Waals surface area contributed by atoms with Crippen molar-refractivity contribution >= 4 is 17.6 Å². The minimum absolute atomic E-state index is 0.0489. The maximum atomic E-state index is 12.8. The topological polar surface area (TPSA) is 66.4 Å². The predicted octanol–water partition coefficient (Wildman–Crippen LogP) is 4.02. The Balaban J connectivity index is 1.56. The maximum Gasteiger partial charge on any atom is 0.232 e. The van der Waals surface area contributed by atoms with E-state index in [0.29, 0.717) is 18.8 Å². The molecule has 1 fully saturated rings. The average molecular weight is 421 g/mol.